The van der Waals surface area contributed by atoms with Crippen LogP contribution in [0, 0.1) is 0 Å². The molecule has 0 saturated carbocycles. The minimum Gasteiger partial charge on any atom is -0.379 e. The Labute approximate surface area is 92.1 Å². The number of rotatable bonds is 4. The maximum atomic E-state index is 13.4. The highest BCUT2D eigenvalue weighted by molar-refractivity contribution is 5.08. The van der Waals surface area contributed by atoms with Gasteiger partial charge in [-0.15, -0.1) is 0 Å². The highest BCUT2D eigenvalue weighted by Crippen LogP contribution is 2.24. The van der Waals surface area contributed by atoms with Gasteiger partial charge in [0.05, 0.1) is 19.0 Å². The van der Waals surface area contributed by atoms with Gasteiger partial charge in [-0.05, 0) is 25.8 Å². The molecule has 1 aliphatic heterocycles. The Bertz CT molecular complexity index is 224. The van der Waals surface area contributed by atoms with Crippen molar-refractivity contribution in [3.63, 3.8) is 0 Å². The molecule has 1 atom stereocenters. The number of ether oxygens (including phenoxy) is 1. The van der Waals surface area contributed by atoms with Crippen molar-refractivity contribution in [2.45, 2.75) is 39.2 Å². The Morgan fingerprint density at radius 3 is 2.47 bits per heavy atom. The van der Waals surface area contributed by atoms with Crippen molar-refractivity contribution in [3.8, 4) is 0 Å². The number of allylic oxidation sites excluding steroid dienone is 1. The average Bonchev–Trinajstić information content (AvgIpc) is 2.30. The van der Waals surface area contributed by atoms with Crippen LogP contribution in [-0.4, -0.2) is 36.7 Å². The number of hydrogen-bond acceptors (Lipinski definition) is 2. The van der Waals surface area contributed by atoms with Crippen LogP contribution in [0.1, 0.15) is 33.6 Å². The van der Waals surface area contributed by atoms with Crippen LogP contribution in [0.15, 0.2) is 11.9 Å². The Hall–Kier alpha value is -0.410. The molecule has 0 amide bonds. The molecule has 1 heterocycles. The molecule has 3 heteroatoms. The minimum atomic E-state index is -0.149. The van der Waals surface area contributed by atoms with E-state index < -0.39 is 0 Å². The van der Waals surface area contributed by atoms with Gasteiger partial charge in [0.25, 0.3) is 0 Å². The SMILES string of the molecule is CC/C(F)=C\C(C)(CC)N1CCOCC1. The lowest BCUT2D eigenvalue weighted by Crippen LogP contribution is -2.50. The van der Waals surface area contributed by atoms with Gasteiger partial charge in [0.1, 0.15) is 0 Å². The molecular formula is C12H22FNO. The molecule has 0 aromatic heterocycles. The summed E-state index contributed by atoms with van der Waals surface area (Å²) in [6.07, 6.45) is 3.19. The molecule has 1 unspecified atom stereocenters. The van der Waals surface area contributed by atoms with E-state index in [1.807, 2.05) is 6.92 Å². The van der Waals surface area contributed by atoms with Gasteiger partial charge in [0.15, 0.2) is 0 Å². The summed E-state index contributed by atoms with van der Waals surface area (Å²) in [7, 11) is 0. The van der Waals surface area contributed by atoms with Gasteiger partial charge in [0, 0.05) is 18.6 Å². The predicted octanol–water partition coefficient (Wildman–Crippen LogP) is 2.75. The molecule has 88 valence electrons. The van der Waals surface area contributed by atoms with E-state index in [1.165, 1.54) is 0 Å². The first kappa shape index (κ1) is 12.7. The first-order valence-corrected chi connectivity index (χ1v) is 5.82. The molecule has 0 aromatic carbocycles. The maximum Gasteiger partial charge on any atom is 0.0975 e. The molecule has 0 aliphatic carbocycles. The normalized spacial score (nSPS) is 23.9. The lowest BCUT2D eigenvalue weighted by molar-refractivity contribution is -0.00217. The van der Waals surface area contributed by atoms with E-state index in [0.29, 0.717) is 6.42 Å². The Morgan fingerprint density at radius 1 is 1.40 bits per heavy atom. The zero-order valence-electron chi connectivity index (χ0n) is 10.1. The van der Waals surface area contributed by atoms with Crippen LogP contribution in [-0.2, 0) is 4.74 Å². The summed E-state index contributed by atoms with van der Waals surface area (Å²) < 4.78 is 18.7. The highest BCUT2D eigenvalue weighted by atomic mass is 19.1. The van der Waals surface area contributed by atoms with E-state index >= 15 is 0 Å². The summed E-state index contributed by atoms with van der Waals surface area (Å²) >= 11 is 0. The smallest absolute Gasteiger partial charge is 0.0975 e. The van der Waals surface area contributed by atoms with E-state index in [2.05, 4.69) is 18.7 Å². The van der Waals surface area contributed by atoms with E-state index in [-0.39, 0.29) is 11.4 Å². The molecule has 0 radical (unpaired) electrons. The van der Waals surface area contributed by atoms with Gasteiger partial charge in [-0.25, -0.2) is 4.39 Å². The van der Waals surface area contributed by atoms with Gasteiger partial charge < -0.3 is 4.74 Å². The Kier molecular flexibility index (Phi) is 4.74. The standard InChI is InChI=1S/C12H22FNO/c1-4-11(13)10-12(3,5-2)14-6-8-15-9-7-14/h10H,4-9H2,1-3H3/b11-10+. The highest BCUT2D eigenvalue weighted by Gasteiger charge is 2.29. The molecule has 1 aliphatic rings. The first-order chi connectivity index (χ1) is 7.12. The lowest BCUT2D eigenvalue weighted by Gasteiger charge is -2.41. The lowest BCUT2D eigenvalue weighted by atomic mass is 9.94. The second kappa shape index (κ2) is 5.61. The fourth-order valence-electron chi connectivity index (χ4n) is 1.93. The van der Waals surface area contributed by atoms with E-state index in [4.69, 9.17) is 4.74 Å². The maximum absolute atomic E-state index is 13.4. The summed E-state index contributed by atoms with van der Waals surface area (Å²) in [5.74, 6) is -0.00848. The molecule has 1 rings (SSSR count). The molecule has 1 fully saturated rings. The fraction of sp³-hybridized carbons (Fsp3) is 0.833. The van der Waals surface area contributed by atoms with Crippen LogP contribution in [0.3, 0.4) is 0 Å². The van der Waals surface area contributed by atoms with E-state index in [0.717, 1.165) is 32.7 Å². The number of hydrogen-bond donors (Lipinski definition) is 0. The predicted molar refractivity (Wildman–Crippen MR) is 60.6 cm³/mol. The van der Waals surface area contributed by atoms with Crippen LogP contribution in [0.4, 0.5) is 4.39 Å². The van der Waals surface area contributed by atoms with Crippen molar-refractivity contribution >= 4 is 0 Å². The average molecular weight is 215 g/mol. The second-order valence-electron chi connectivity index (χ2n) is 4.25. The summed E-state index contributed by atoms with van der Waals surface area (Å²) in [6.45, 7) is 9.38. The molecule has 0 bridgehead atoms. The van der Waals surface area contributed by atoms with Crippen LogP contribution in [0.2, 0.25) is 0 Å². The third-order valence-electron chi connectivity index (χ3n) is 3.25. The van der Waals surface area contributed by atoms with E-state index in [1.54, 1.807) is 6.08 Å². The molecule has 0 N–H and O–H groups in total. The molecule has 15 heavy (non-hydrogen) atoms. The zero-order valence-corrected chi connectivity index (χ0v) is 10.1. The van der Waals surface area contributed by atoms with Crippen LogP contribution < -0.4 is 0 Å². The summed E-state index contributed by atoms with van der Waals surface area (Å²) in [6, 6.07) is 0. The number of nitrogens with zero attached hydrogens (tertiary/aromatic N) is 1. The van der Waals surface area contributed by atoms with Gasteiger partial charge in [-0.2, -0.15) is 0 Å². The van der Waals surface area contributed by atoms with Crippen molar-refractivity contribution in [2.75, 3.05) is 26.3 Å². The molecular weight excluding hydrogens is 193 g/mol. The monoisotopic (exact) mass is 215 g/mol. The third kappa shape index (κ3) is 3.28. The molecule has 1 saturated heterocycles. The number of halogens is 1. The van der Waals surface area contributed by atoms with Crippen LogP contribution in [0.25, 0.3) is 0 Å². The van der Waals surface area contributed by atoms with Gasteiger partial charge >= 0.3 is 0 Å². The minimum absolute atomic E-state index is 0.00848. The van der Waals surface area contributed by atoms with Crippen molar-refractivity contribution in [3.05, 3.63) is 11.9 Å². The van der Waals surface area contributed by atoms with E-state index in [9.17, 15) is 4.39 Å². The van der Waals surface area contributed by atoms with Gasteiger partial charge in [0.2, 0.25) is 0 Å². The van der Waals surface area contributed by atoms with Crippen molar-refractivity contribution < 1.29 is 9.13 Å². The summed E-state index contributed by atoms with van der Waals surface area (Å²) in [5, 5.41) is 0. The van der Waals surface area contributed by atoms with Gasteiger partial charge in [-0.1, -0.05) is 13.8 Å². The third-order valence-corrected chi connectivity index (χ3v) is 3.25. The first-order valence-electron chi connectivity index (χ1n) is 5.82. The van der Waals surface area contributed by atoms with Crippen molar-refractivity contribution in [1.82, 2.24) is 4.90 Å². The van der Waals surface area contributed by atoms with Crippen LogP contribution >= 0.6 is 0 Å². The molecule has 2 nitrogen and oxygen atoms in total. The topological polar surface area (TPSA) is 12.5 Å². The fourth-order valence-corrected chi connectivity index (χ4v) is 1.93. The second-order valence-corrected chi connectivity index (χ2v) is 4.25. The Morgan fingerprint density at radius 2 is 2.00 bits per heavy atom. The number of morpholine rings is 1. The zero-order chi connectivity index (χ0) is 11.3. The Balaban J connectivity index is 2.73. The largest absolute Gasteiger partial charge is 0.379 e. The quantitative estimate of drug-likeness (QED) is 0.715. The summed E-state index contributed by atoms with van der Waals surface area (Å²) in [4.78, 5) is 2.31. The van der Waals surface area contributed by atoms with Gasteiger partial charge in [-0.3, -0.25) is 4.90 Å². The summed E-state index contributed by atoms with van der Waals surface area (Å²) in [5.41, 5.74) is -0.149. The molecule has 0 spiro atoms. The van der Waals surface area contributed by atoms with Crippen LogP contribution in [0.5, 0.6) is 0 Å². The van der Waals surface area contributed by atoms with Crippen molar-refractivity contribution in [2.24, 2.45) is 0 Å². The molecule has 0 aromatic rings. The van der Waals surface area contributed by atoms with Crippen molar-refractivity contribution in [1.29, 1.82) is 0 Å².